The van der Waals surface area contributed by atoms with E-state index in [-0.39, 0.29) is 11.3 Å². The highest BCUT2D eigenvalue weighted by Gasteiger charge is 2.27. The topological polar surface area (TPSA) is 101 Å². The first kappa shape index (κ1) is 13.4. The second-order valence-electron chi connectivity index (χ2n) is 5.56. The highest BCUT2D eigenvalue weighted by atomic mass is 16.4. The highest BCUT2D eigenvalue weighted by molar-refractivity contribution is 5.96. The smallest absolute Gasteiger partial charge is 0.408 e. The number of fused-ring (bicyclic) bond motifs is 1. The van der Waals surface area contributed by atoms with Crippen molar-refractivity contribution in [2.24, 2.45) is 11.1 Å². The average molecular weight is 263 g/mol. The number of aromatic nitrogens is 1. The molecule has 1 heterocycles. The number of amides is 1. The quantitative estimate of drug-likeness (QED) is 0.762. The standard InChI is InChI=1S/C13H17N3O3/c1-13(2,3)10(14)11(17)15-7-4-5-9-8(6-7)16-12(18)19-9/h4-6,10H,14H2,1-3H3,(H,15,17)(H,16,18)/t10-/m0/s1. The lowest BCUT2D eigenvalue weighted by atomic mass is 9.87. The number of benzene rings is 1. The summed E-state index contributed by atoms with van der Waals surface area (Å²) in [6, 6.07) is 4.29. The van der Waals surface area contributed by atoms with Gasteiger partial charge in [0.05, 0.1) is 11.6 Å². The molecular weight excluding hydrogens is 246 g/mol. The number of aromatic amines is 1. The third-order valence-corrected chi connectivity index (χ3v) is 2.90. The van der Waals surface area contributed by atoms with Gasteiger partial charge in [0.2, 0.25) is 5.91 Å². The lowest BCUT2D eigenvalue weighted by molar-refractivity contribution is -0.119. The van der Waals surface area contributed by atoms with Crippen LogP contribution in [0.25, 0.3) is 11.1 Å². The number of nitrogens with two attached hydrogens (primary N) is 1. The van der Waals surface area contributed by atoms with E-state index < -0.39 is 11.8 Å². The zero-order valence-electron chi connectivity index (χ0n) is 11.1. The number of carbonyl (C=O) groups excluding carboxylic acids is 1. The minimum absolute atomic E-state index is 0.266. The van der Waals surface area contributed by atoms with Crippen LogP contribution in [0.2, 0.25) is 0 Å². The summed E-state index contributed by atoms with van der Waals surface area (Å²) >= 11 is 0. The fourth-order valence-electron chi connectivity index (χ4n) is 1.64. The normalized spacial score (nSPS) is 13.5. The van der Waals surface area contributed by atoms with E-state index in [1.807, 2.05) is 20.8 Å². The van der Waals surface area contributed by atoms with Gasteiger partial charge in [0, 0.05) is 5.69 Å². The molecule has 0 bridgehead atoms. The van der Waals surface area contributed by atoms with Crippen LogP contribution in [-0.2, 0) is 4.79 Å². The van der Waals surface area contributed by atoms with Crippen LogP contribution in [0.15, 0.2) is 27.4 Å². The molecule has 1 amide bonds. The van der Waals surface area contributed by atoms with E-state index in [0.717, 1.165) is 0 Å². The van der Waals surface area contributed by atoms with Gasteiger partial charge in [0.25, 0.3) is 0 Å². The molecule has 19 heavy (non-hydrogen) atoms. The maximum absolute atomic E-state index is 12.0. The second-order valence-corrected chi connectivity index (χ2v) is 5.56. The number of hydrogen-bond acceptors (Lipinski definition) is 4. The van der Waals surface area contributed by atoms with Gasteiger partial charge in [-0.1, -0.05) is 20.8 Å². The largest absolute Gasteiger partial charge is 0.417 e. The molecule has 6 nitrogen and oxygen atoms in total. The molecule has 0 aliphatic carbocycles. The summed E-state index contributed by atoms with van der Waals surface area (Å²) in [6.07, 6.45) is 0. The molecule has 102 valence electrons. The summed E-state index contributed by atoms with van der Waals surface area (Å²) < 4.78 is 4.88. The van der Waals surface area contributed by atoms with Crippen LogP contribution in [0.1, 0.15) is 20.8 Å². The van der Waals surface area contributed by atoms with Crippen LogP contribution in [0.5, 0.6) is 0 Å². The van der Waals surface area contributed by atoms with E-state index in [9.17, 15) is 9.59 Å². The van der Waals surface area contributed by atoms with Crippen molar-refractivity contribution in [2.45, 2.75) is 26.8 Å². The number of carbonyl (C=O) groups is 1. The van der Waals surface area contributed by atoms with Crippen molar-refractivity contribution in [3.8, 4) is 0 Å². The monoisotopic (exact) mass is 263 g/mol. The zero-order valence-corrected chi connectivity index (χ0v) is 11.1. The molecule has 2 aromatic rings. The van der Waals surface area contributed by atoms with Crippen LogP contribution in [0.4, 0.5) is 5.69 Å². The SMILES string of the molecule is CC(C)(C)[C@@H](N)C(=O)Nc1ccc2oc(=O)[nH]c2c1. The summed E-state index contributed by atoms with van der Waals surface area (Å²) in [5.74, 6) is -0.789. The molecule has 1 atom stereocenters. The molecular formula is C13H17N3O3. The molecule has 0 fully saturated rings. The number of nitrogens with one attached hydrogen (secondary N) is 2. The summed E-state index contributed by atoms with van der Waals surface area (Å²) in [5, 5.41) is 2.72. The van der Waals surface area contributed by atoms with E-state index in [1.54, 1.807) is 18.2 Å². The second kappa shape index (κ2) is 4.55. The Hall–Kier alpha value is -2.08. The van der Waals surface area contributed by atoms with Crippen molar-refractivity contribution in [2.75, 3.05) is 5.32 Å². The molecule has 1 aromatic heterocycles. The van der Waals surface area contributed by atoms with Crippen molar-refractivity contribution in [1.82, 2.24) is 4.98 Å². The van der Waals surface area contributed by atoms with Gasteiger partial charge in [0.1, 0.15) is 0 Å². The van der Waals surface area contributed by atoms with E-state index in [2.05, 4.69) is 10.3 Å². The Morgan fingerprint density at radius 2 is 2.11 bits per heavy atom. The molecule has 0 spiro atoms. The molecule has 4 N–H and O–H groups in total. The predicted molar refractivity (Wildman–Crippen MR) is 72.9 cm³/mol. The summed E-state index contributed by atoms with van der Waals surface area (Å²) in [5.41, 5.74) is 7.10. The van der Waals surface area contributed by atoms with E-state index in [4.69, 9.17) is 10.2 Å². The molecule has 0 radical (unpaired) electrons. The lowest BCUT2D eigenvalue weighted by Crippen LogP contribution is -2.45. The summed E-state index contributed by atoms with van der Waals surface area (Å²) in [6.45, 7) is 5.69. The predicted octanol–water partition coefficient (Wildman–Crippen LogP) is 1.43. The van der Waals surface area contributed by atoms with E-state index in [0.29, 0.717) is 16.8 Å². The minimum Gasteiger partial charge on any atom is -0.408 e. The van der Waals surface area contributed by atoms with Gasteiger partial charge in [-0.2, -0.15) is 0 Å². The van der Waals surface area contributed by atoms with Crippen LogP contribution < -0.4 is 16.8 Å². The number of anilines is 1. The first-order valence-corrected chi connectivity index (χ1v) is 5.97. The number of H-pyrrole nitrogens is 1. The molecule has 0 unspecified atom stereocenters. The van der Waals surface area contributed by atoms with Gasteiger partial charge in [-0.05, 0) is 23.6 Å². The third kappa shape index (κ3) is 2.85. The number of hydrogen-bond donors (Lipinski definition) is 3. The van der Waals surface area contributed by atoms with Crippen molar-refractivity contribution in [3.05, 3.63) is 28.7 Å². The van der Waals surface area contributed by atoms with Gasteiger partial charge < -0.3 is 15.5 Å². The Morgan fingerprint density at radius 3 is 2.74 bits per heavy atom. The van der Waals surface area contributed by atoms with Gasteiger partial charge in [0.15, 0.2) is 5.58 Å². The fourth-order valence-corrected chi connectivity index (χ4v) is 1.64. The number of rotatable bonds is 2. The molecule has 6 heteroatoms. The summed E-state index contributed by atoms with van der Waals surface area (Å²) in [4.78, 5) is 25.5. The van der Waals surface area contributed by atoms with E-state index >= 15 is 0 Å². The van der Waals surface area contributed by atoms with Crippen molar-refractivity contribution in [1.29, 1.82) is 0 Å². The lowest BCUT2D eigenvalue weighted by Gasteiger charge is -2.25. The molecule has 0 aliphatic heterocycles. The van der Waals surface area contributed by atoms with Crippen LogP contribution in [0, 0.1) is 5.41 Å². The van der Waals surface area contributed by atoms with Crippen molar-refractivity contribution >= 4 is 22.7 Å². The molecule has 0 saturated carbocycles. The zero-order chi connectivity index (χ0) is 14.2. The van der Waals surface area contributed by atoms with Crippen LogP contribution in [-0.4, -0.2) is 16.9 Å². The Bertz CT molecular complexity index is 664. The minimum atomic E-state index is -0.619. The van der Waals surface area contributed by atoms with Crippen molar-refractivity contribution in [3.63, 3.8) is 0 Å². The Morgan fingerprint density at radius 1 is 1.42 bits per heavy atom. The first-order chi connectivity index (χ1) is 8.77. The molecule has 0 saturated heterocycles. The van der Waals surface area contributed by atoms with Crippen LogP contribution >= 0.6 is 0 Å². The third-order valence-electron chi connectivity index (χ3n) is 2.90. The van der Waals surface area contributed by atoms with Crippen LogP contribution in [0.3, 0.4) is 0 Å². The fraction of sp³-hybridized carbons (Fsp3) is 0.385. The summed E-state index contributed by atoms with van der Waals surface area (Å²) in [7, 11) is 0. The molecule has 0 aliphatic rings. The van der Waals surface area contributed by atoms with Gasteiger partial charge in [-0.25, -0.2) is 4.79 Å². The van der Waals surface area contributed by atoms with E-state index in [1.165, 1.54) is 0 Å². The molecule has 1 aromatic carbocycles. The van der Waals surface area contributed by atoms with Gasteiger partial charge in [-0.15, -0.1) is 0 Å². The average Bonchev–Trinajstić information content (AvgIpc) is 2.66. The van der Waals surface area contributed by atoms with Crippen molar-refractivity contribution < 1.29 is 9.21 Å². The number of oxazole rings is 1. The molecule has 2 rings (SSSR count). The Kier molecular flexibility index (Phi) is 3.20. The van der Waals surface area contributed by atoms with Gasteiger partial charge >= 0.3 is 5.76 Å². The first-order valence-electron chi connectivity index (χ1n) is 5.97. The Labute approximate surface area is 110 Å². The van der Waals surface area contributed by atoms with Gasteiger partial charge in [-0.3, -0.25) is 9.78 Å². The maximum Gasteiger partial charge on any atom is 0.417 e. The maximum atomic E-state index is 12.0. The Balaban J connectivity index is 2.21. The highest BCUT2D eigenvalue weighted by Crippen LogP contribution is 2.20.